The van der Waals surface area contributed by atoms with E-state index in [2.05, 4.69) is 20.5 Å². The standard InChI is InChI=1S/C23H26F3N7O5S3/c1-11(30-20(35)17(32-38)16-19(23(24,25)26)41-22(28)31-16)13-4-5-15(18(21(36)37)33(13)10-34)40-14-3-2-7-29-12(14)9-39-8-6-27/h2-3,7,10-11,13,17H,4-6,8-9,27H2,1H3,(H2,28,31)(H,30,35)(H,36,37). The summed E-state index contributed by atoms with van der Waals surface area (Å²) in [5.41, 5.74) is 10.4. The molecule has 0 aliphatic carbocycles. The van der Waals surface area contributed by atoms with Gasteiger partial charge in [0.1, 0.15) is 16.3 Å². The second kappa shape index (κ2) is 14.1. The van der Waals surface area contributed by atoms with Crippen LogP contribution in [0.25, 0.3) is 0 Å². The molecule has 222 valence electrons. The zero-order chi connectivity index (χ0) is 30.3. The molecule has 0 saturated carbocycles. The van der Waals surface area contributed by atoms with Crippen LogP contribution >= 0.6 is 34.9 Å². The minimum Gasteiger partial charge on any atom is -0.477 e. The van der Waals surface area contributed by atoms with Gasteiger partial charge >= 0.3 is 12.1 Å². The number of hydrogen-bond donors (Lipinski definition) is 4. The minimum absolute atomic E-state index is 0.0672. The van der Waals surface area contributed by atoms with Crippen molar-refractivity contribution in [3.05, 3.63) is 50.1 Å². The first-order valence-corrected chi connectivity index (χ1v) is 14.8. The highest BCUT2D eigenvalue weighted by molar-refractivity contribution is 8.03. The molecule has 0 spiro atoms. The molecule has 6 N–H and O–H groups in total. The highest BCUT2D eigenvalue weighted by Crippen LogP contribution is 2.42. The van der Waals surface area contributed by atoms with E-state index in [4.69, 9.17) is 11.5 Å². The summed E-state index contributed by atoms with van der Waals surface area (Å²) < 4.78 is 40.2. The maximum absolute atomic E-state index is 13.4. The first-order valence-electron chi connectivity index (χ1n) is 12.0. The molecule has 41 heavy (non-hydrogen) atoms. The van der Waals surface area contributed by atoms with Crippen LogP contribution < -0.4 is 16.8 Å². The molecule has 0 radical (unpaired) electrons. The van der Waals surface area contributed by atoms with Gasteiger partial charge in [-0.2, -0.15) is 24.9 Å². The Balaban J connectivity index is 1.85. The Bertz CT molecular complexity index is 1320. The Kier molecular flexibility index (Phi) is 11.1. The van der Waals surface area contributed by atoms with Gasteiger partial charge in [0.15, 0.2) is 5.13 Å². The quantitative estimate of drug-likeness (QED) is 0.144. The molecule has 1 aliphatic rings. The molecular weight excluding hydrogens is 607 g/mol. The van der Waals surface area contributed by atoms with Gasteiger partial charge in [-0.15, -0.1) is 4.91 Å². The van der Waals surface area contributed by atoms with Crippen molar-refractivity contribution in [3.8, 4) is 0 Å². The Morgan fingerprint density at radius 1 is 1.41 bits per heavy atom. The predicted octanol–water partition coefficient (Wildman–Crippen LogP) is 3.35. The molecule has 3 unspecified atom stereocenters. The molecular formula is C23H26F3N7O5S3. The van der Waals surface area contributed by atoms with Gasteiger partial charge in [0, 0.05) is 40.1 Å². The van der Waals surface area contributed by atoms with E-state index in [0.717, 1.165) is 10.6 Å². The first-order chi connectivity index (χ1) is 19.4. The lowest BCUT2D eigenvalue weighted by Crippen LogP contribution is -2.52. The van der Waals surface area contributed by atoms with E-state index < -0.39 is 51.9 Å². The number of aromatic nitrogens is 2. The van der Waals surface area contributed by atoms with E-state index in [1.807, 2.05) is 0 Å². The summed E-state index contributed by atoms with van der Waals surface area (Å²) >= 11 is 2.80. The molecule has 2 aromatic rings. The van der Waals surface area contributed by atoms with Gasteiger partial charge in [0.25, 0.3) is 5.91 Å². The normalized spacial score (nSPS) is 17.2. The van der Waals surface area contributed by atoms with Gasteiger partial charge in [-0.05, 0) is 37.1 Å². The molecule has 18 heteroatoms. The van der Waals surface area contributed by atoms with Crippen molar-refractivity contribution in [1.29, 1.82) is 0 Å². The lowest BCUT2D eigenvalue weighted by atomic mass is 9.97. The SMILES string of the molecule is CC(NC(=O)C(N=O)c1nc(N)sc1C(F)(F)F)C1CCC(Sc2cccnc2CSCCN)=C(C(=O)O)N1C=O. The van der Waals surface area contributed by atoms with E-state index in [0.29, 0.717) is 34.3 Å². The van der Waals surface area contributed by atoms with Crippen LogP contribution in [-0.4, -0.2) is 62.6 Å². The number of thioether (sulfide) groups is 2. The predicted molar refractivity (Wildman–Crippen MR) is 149 cm³/mol. The summed E-state index contributed by atoms with van der Waals surface area (Å²) in [7, 11) is 0. The largest absolute Gasteiger partial charge is 0.477 e. The number of aliphatic carboxylic acids is 1. The van der Waals surface area contributed by atoms with E-state index in [1.54, 1.807) is 30.1 Å². The first kappa shape index (κ1) is 32.3. The fourth-order valence-corrected chi connectivity index (χ4v) is 6.89. The number of alkyl halides is 3. The third-order valence-electron chi connectivity index (χ3n) is 5.93. The van der Waals surface area contributed by atoms with Crippen LogP contribution in [-0.2, 0) is 26.3 Å². The smallest absolute Gasteiger partial charge is 0.427 e. The Morgan fingerprint density at radius 2 is 2.15 bits per heavy atom. The van der Waals surface area contributed by atoms with Crippen molar-refractivity contribution in [2.45, 2.75) is 54.7 Å². The number of carbonyl (C=O) groups excluding carboxylic acids is 2. The van der Waals surface area contributed by atoms with E-state index in [1.165, 1.54) is 18.7 Å². The Morgan fingerprint density at radius 3 is 2.76 bits per heavy atom. The second-order valence-corrected chi connectivity index (χ2v) is 11.9. The fourth-order valence-electron chi connectivity index (χ4n) is 4.17. The number of thiazole rings is 1. The molecule has 0 bridgehead atoms. The van der Waals surface area contributed by atoms with Crippen LogP contribution in [0.4, 0.5) is 18.3 Å². The van der Waals surface area contributed by atoms with Crippen LogP contribution in [0.5, 0.6) is 0 Å². The van der Waals surface area contributed by atoms with Crippen LogP contribution in [0.3, 0.4) is 0 Å². The van der Waals surface area contributed by atoms with Gasteiger partial charge < -0.3 is 26.8 Å². The monoisotopic (exact) mass is 633 g/mol. The number of carboxylic acid groups (broad SMARTS) is 1. The summed E-state index contributed by atoms with van der Waals surface area (Å²) in [4.78, 5) is 57.4. The summed E-state index contributed by atoms with van der Waals surface area (Å²) in [6, 6.07) is -0.549. The number of amides is 2. The molecule has 3 heterocycles. The van der Waals surface area contributed by atoms with Crippen molar-refractivity contribution < 1.29 is 32.7 Å². The number of nitroso groups, excluding NO2 is 1. The van der Waals surface area contributed by atoms with Crippen molar-refractivity contribution in [1.82, 2.24) is 20.2 Å². The van der Waals surface area contributed by atoms with E-state index in [9.17, 15) is 37.6 Å². The number of nitrogens with one attached hydrogen (secondary N) is 1. The molecule has 1 aliphatic heterocycles. The number of nitrogens with two attached hydrogens (primary N) is 2. The molecule has 3 rings (SSSR count). The Labute approximate surface area is 244 Å². The number of hydrogen-bond acceptors (Lipinski definition) is 12. The van der Waals surface area contributed by atoms with Crippen molar-refractivity contribution in [2.75, 3.05) is 18.0 Å². The fraction of sp³-hybridized carbons (Fsp3) is 0.435. The topological polar surface area (TPSA) is 194 Å². The molecule has 0 aromatic carbocycles. The number of nitrogens with zero attached hydrogens (tertiary/aromatic N) is 4. The number of rotatable bonds is 13. The molecule has 12 nitrogen and oxygen atoms in total. The van der Waals surface area contributed by atoms with Crippen LogP contribution in [0.2, 0.25) is 0 Å². The maximum atomic E-state index is 13.4. The van der Waals surface area contributed by atoms with Crippen molar-refractivity contribution in [3.63, 3.8) is 0 Å². The van der Waals surface area contributed by atoms with Crippen LogP contribution in [0.15, 0.2) is 39.0 Å². The van der Waals surface area contributed by atoms with E-state index >= 15 is 0 Å². The maximum Gasteiger partial charge on any atom is 0.427 e. The summed E-state index contributed by atoms with van der Waals surface area (Å²) in [6.07, 6.45) is -2.58. The van der Waals surface area contributed by atoms with Gasteiger partial charge in [-0.25, -0.2) is 9.78 Å². The number of halogens is 3. The Hall–Kier alpha value is -3.22. The van der Waals surface area contributed by atoms with Gasteiger partial charge in [-0.1, -0.05) is 23.1 Å². The third kappa shape index (κ3) is 7.75. The summed E-state index contributed by atoms with van der Waals surface area (Å²) in [5.74, 6) is -1.33. The average Bonchev–Trinajstić information content (AvgIpc) is 3.31. The number of nitrogen functional groups attached to an aromatic ring is 1. The van der Waals surface area contributed by atoms with Gasteiger partial charge in [0.2, 0.25) is 12.5 Å². The van der Waals surface area contributed by atoms with Gasteiger partial charge in [0.05, 0.1) is 11.7 Å². The number of carboxylic acids is 1. The zero-order valence-corrected chi connectivity index (χ0v) is 23.9. The molecule has 0 saturated heterocycles. The minimum atomic E-state index is -4.93. The highest BCUT2D eigenvalue weighted by Gasteiger charge is 2.43. The zero-order valence-electron chi connectivity index (χ0n) is 21.5. The molecule has 3 atom stereocenters. The third-order valence-corrected chi connectivity index (χ3v) is 9.12. The number of allylic oxidation sites excluding steroid dienone is 1. The number of carbonyl (C=O) groups is 3. The van der Waals surface area contributed by atoms with Crippen molar-refractivity contribution in [2.24, 2.45) is 10.9 Å². The highest BCUT2D eigenvalue weighted by atomic mass is 32.2. The number of anilines is 1. The number of pyridine rings is 1. The second-order valence-electron chi connectivity index (χ2n) is 8.66. The lowest BCUT2D eigenvalue weighted by molar-refractivity contribution is -0.138. The van der Waals surface area contributed by atoms with Gasteiger partial charge in [-0.3, -0.25) is 14.6 Å². The summed E-state index contributed by atoms with van der Waals surface area (Å²) in [6.45, 7) is 1.93. The lowest BCUT2D eigenvalue weighted by Gasteiger charge is -2.38. The van der Waals surface area contributed by atoms with E-state index in [-0.39, 0.29) is 29.9 Å². The molecule has 2 amide bonds. The van der Waals surface area contributed by atoms with Crippen LogP contribution in [0.1, 0.15) is 42.1 Å². The molecule has 2 aromatic heterocycles. The van der Waals surface area contributed by atoms with Crippen LogP contribution in [0, 0.1) is 4.91 Å². The molecule has 0 fully saturated rings. The average molecular weight is 634 g/mol. The summed E-state index contributed by atoms with van der Waals surface area (Å²) in [5, 5.41) is 14.5. The van der Waals surface area contributed by atoms with Crippen molar-refractivity contribution >= 4 is 58.3 Å².